The maximum Gasteiger partial charge on any atom is 0.586 e. The largest absolute Gasteiger partial charge is 0.586 e. The van der Waals surface area contributed by atoms with Gasteiger partial charge >= 0.3 is 6.29 Å². The lowest BCUT2D eigenvalue weighted by Crippen LogP contribution is -2.44. The van der Waals surface area contributed by atoms with E-state index < -0.39 is 11.7 Å². The molecule has 2 aliphatic heterocycles. The lowest BCUT2D eigenvalue weighted by atomic mass is 9.76. The van der Waals surface area contributed by atoms with Crippen LogP contribution < -0.4 is 9.47 Å². The lowest BCUT2D eigenvalue weighted by Gasteiger charge is -2.40. The van der Waals surface area contributed by atoms with Crippen LogP contribution in [0.3, 0.4) is 0 Å². The molecule has 0 amide bonds. The average Bonchev–Trinajstić information content (AvgIpc) is 3.59. The Labute approximate surface area is 213 Å². The Bertz CT molecular complexity index is 1440. The molecule has 2 fully saturated rings. The van der Waals surface area contributed by atoms with E-state index in [0.29, 0.717) is 37.2 Å². The van der Waals surface area contributed by atoms with Crippen LogP contribution in [0.2, 0.25) is 0 Å². The predicted octanol–water partition coefficient (Wildman–Crippen LogP) is 6.01. The van der Waals surface area contributed by atoms with Gasteiger partial charge in [0.1, 0.15) is 5.78 Å². The Morgan fingerprint density at radius 1 is 0.919 bits per heavy atom. The monoisotopic (exact) mass is 504 g/mol. The zero-order valence-corrected chi connectivity index (χ0v) is 20.6. The zero-order valence-electron chi connectivity index (χ0n) is 20.6. The summed E-state index contributed by atoms with van der Waals surface area (Å²) in [4.78, 5) is 25.6. The third-order valence-corrected chi connectivity index (χ3v) is 7.76. The summed E-state index contributed by atoms with van der Waals surface area (Å²) in [6, 6.07) is 18.2. The van der Waals surface area contributed by atoms with Crippen LogP contribution in [0.5, 0.6) is 11.5 Å². The fourth-order valence-corrected chi connectivity index (χ4v) is 5.39. The molecule has 0 N–H and O–H groups in total. The van der Waals surface area contributed by atoms with Crippen molar-refractivity contribution in [3.8, 4) is 22.6 Å². The third kappa shape index (κ3) is 4.11. The van der Waals surface area contributed by atoms with E-state index in [4.69, 9.17) is 4.74 Å². The van der Waals surface area contributed by atoms with Crippen molar-refractivity contribution in [2.24, 2.45) is 0 Å². The van der Waals surface area contributed by atoms with Crippen LogP contribution in [-0.4, -0.2) is 31.1 Å². The number of carbonyl (C=O) groups excluding carboxylic acids is 2. The smallest absolute Gasteiger partial charge is 0.395 e. The van der Waals surface area contributed by atoms with Crippen LogP contribution >= 0.6 is 0 Å². The van der Waals surface area contributed by atoms with Crippen LogP contribution in [0, 0.1) is 0 Å². The van der Waals surface area contributed by atoms with Crippen molar-refractivity contribution in [3.05, 3.63) is 82.9 Å². The molecule has 1 saturated heterocycles. The molecule has 0 atom stereocenters. The molecule has 6 rings (SSSR count). The summed E-state index contributed by atoms with van der Waals surface area (Å²) in [5.74, 6) is -0.0504. The molecule has 0 spiro atoms. The van der Waals surface area contributed by atoms with Crippen molar-refractivity contribution in [2.45, 2.75) is 50.2 Å². The summed E-state index contributed by atoms with van der Waals surface area (Å²) in [6.07, 6.45) is -2.18. The second-order valence-electron chi connectivity index (χ2n) is 10.6. The molecule has 5 nitrogen and oxygen atoms in total. The first-order chi connectivity index (χ1) is 17.6. The molecule has 37 heavy (non-hydrogen) atoms. The molecule has 7 heteroatoms. The summed E-state index contributed by atoms with van der Waals surface area (Å²) in [6.45, 7) is 4.91. The van der Waals surface area contributed by atoms with Crippen LogP contribution in [0.25, 0.3) is 11.1 Å². The molecule has 0 aromatic heterocycles. The summed E-state index contributed by atoms with van der Waals surface area (Å²) in [5.41, 5.74) is 4.33. The highest BCUT2D eigenvalue weighted by molar-refractivity contribution is 5.96. The predicted molar refractivity (Wildman–Crippen MR) is 132 cm³/mol. The van der Waals surface area contributed by atoms with Crippen molar-refractivity contribution in [3.63, 3.8) is 0 Å². The molecule has 3 aromatic rings. The second kappa shape index (κ2) is 8.21. The van der Waals surface area contributed by atoms with Crippen molar-refractivity contribution < 1.29 is 32.6 Å². The van der Waals surface area contributed by atoms with Gasteiger partial charge in [-0.25, -0.2) is 0 Å². The molecular formula is C30H26F2O5. The normalized spacial score (nSPS) is 19.7. The number of benzene rings is 3. The minimum atomic E-state index is -3.69. The number of rotatable bonds is 7. The average molecular weight is 505 g/mol. The van der Waals surface area contributed by atoms with E-state index in [2.05, 4.69) is 22.5 Å². The standard InChI is InChI=1S/C30H26F2O5/c1-18(33)20-4-3-5-21(14-20)23-12-19(6-8-24(23)28(2)16-35-17-28)13-27(34)29(10-11-29)22-7-9-25-26(15-22)37-30(31,32)36-25/h3-9,12,14-15H,10-11,13,16-17H2,1-2H3. The fraction of sp³-hybridized carbons (Fsp3) is 0.333. The molecule has 0 unspecified atom stereocenters. The van der Waals surface area contributed by atoms with Gasteiger partial charge in [-0.3, -0.25) is 9.59 Å². The van der Waals surface area contributed by atoms with Gasteiger partial charge in [-0.15, -0.1) is 8.78 Å². The quantitative estimate of drug-likeness (QED) is 0.369. The minimum Gasteiger partial charge on any atom is -0.395 e. The molecule has 3 aliphatic rings. The number of hydrogen-bond donors (Lipinski definition) is 0. The number of hydrogen-bond acceptors (Lipinski definition) is 5. The molecule has 1 saturated carbocycles. The molecular weight excluding hydrogens is 478 g/mol. The number of Topliss-reactive ketones (excluding diaryl/α,β-unsaturated/α-hetero) is 2. The molecule has 0 radical (unpaired) electrons. The highest BCUT2D eigenvalue weighted by atomic mass is 19.3. The van der Waals surface area contributed by atoms with Gasteiger partial charge in [0.05, 0.1) is 18.6 Å². The van der Waals surface area contributed by atoms with E-state index in [1.54, 1.807) is 19.1 Å². The number of fused-ring (bicyclic) bond motifs is 1. The van der Waals surface area contributed by atoms with Gasteiger partial charge in [0.25, 0.3) is 0 Å². The number of alkyl halides is 2. The Kier molecular flexibility index (Phi) is 5.28. The van der Waals surface area contributed by atoms with Crippen molar-refractivity contribution >= 4 is 11.6 Å². The van der Waals surface area contributed by atoms with E-state index >= 15 is 0 Å². The van der Waals surface area contributed by atoms with Gasteiger partial charge in [-0.05, 0) is 65.8 Å². The Hall–Kier alpha value is -3.58. The van der Waals surface area contributed by atoms with Crippen LogP contribution in [0.15, 0.2) is 60.7 Å². The molecule has 0 bridgehead atoms. The Balaban J connectivity index is 1.32. The number of carbonyl (C=O) groups is 2. The van der Waals surface area contributed by atoms with E-state index in [1.807, 2.05) is 30.3 Å². The van der Waals surface area contributed by atoms with E-state index in [-0.39, 0.29) is 34.9 Å². The highest BCUT2D eigenvalue weighted by Crippen LogP contribution is 2.53. The van der Waals surface area contributed by atoms with Crippen LogP contribution in [0.1, 0.15) is 53.7 Å². The molecule has 1 aliphatic carbocycles. The fourth-order valence-electron chi connectivity index (χ4n) is 5.39. The van der Waals surface area contributed by atoms with Crippen molar-refractivity contribution in [1.82, 2.24) is 0 Å². The maximum absolute atomic E-state index is 13.6. The van der Waals surface area contributed by atoms with Gasteiger partial charge in [0.2, 0.25) is 0 Å². The van der Waals surface area contributed by atoms with E-state index in [9.17, 15) is 18.4 Å². The van der Waals surface area contributed by atoms with Gasteiger partial charge in [-0.2, -0.15) is 0 Å². The van der Waals surface area contributed by atoms with Crippen molar-refractivity contribution in [1.29, 1.82) is 0 Å². The highest BCUT2D eigenvalue weighted by Gasteiger charge is 2.52. The van der Waals surface area contributed by atoms with Gasteiger partial charge in [-0.1, -0.05) is 49.4 Å². The van der Waals surface area contributed by atoms with E-state index in [1.165, 1.54) is 12.1 Å². The first-order valence-corrected chi connectivity index (χ1v) is 12.3. The molecule has 2 heterocycles. The number of halogens is 2. The Morgan fingerprint density at radius 2 is 1.68 bits per heavy atom. The zero-order chi connectivity index (χ0) is 26.0. The number of ketones is 2. The Morgan fingerprint density at radius 3 is 2.35 bits per heavy atom. The van der Waals surface area contributed by atoms with Crippen molar-refractivity contribution in [2.75, 3.05) is 13.2 Å². The summed E-state index contributed by atoms with van der Waals surface area (Å²) < 4.78 is 41.6. The summed E-state index contributed by atoms with van der Waals surface area (Å²) in [5, 5.41) is 0. The van der Waals surface area contributed by atoms with Gasteiger partial charge in [0.15, 0.2) is 17.3 Å². The summed E-state index contributed by atoms with van der Waals surface area (Å²) in [7, 11) is 0. The van der Waals surface area contributed by atoms with Gasteiger partial charge < -0.3 is 14.2 Å². The molecule has 3 aromatic carbocycles. The number of ether oxygens (including phenoxy) is 3. The lowest BCUT2D eigenvalue weighted by molar-refractivity contribution is -0.286. The topological polar surface area (TPSA) is 61.8 Å². The van der Waals surface area contributed by atoms with Crippen LogP contribution in [-0.2, 0) is 26.8 Å². The van der Waals surface area contributed by atoms with Gasteiger partial charge in [0, 0.05) is 17.4 Å². The first-order valence-electron chi connectivity index (χ1n) is 12.3. The third-order valence-electron chi connectivity index (χ3n) is 7.76. The minimum absolute atomic E-state index is 0.00918. The SMILES string of the molecule is CC(=O)c1cccc(-c2cc(CC(=O)C3(c4ccc5c(c4)OC(F)(F)O5)CC3)ccc2C2(C)COC2)c1. The maximum atomic E-state index is 13.6. The summed E-state index contributed by atoms with van der Waals surface area (Å²) >= 11 is 0. The first kappa shape index (κ1) is 23.8. The molecule has 190 valence electrons. The van der Waals surface area contributed by atoms with E-state index in [0.717, 1.165) is 22.3 Å². The van der Waals surface area contributed by atoms with Crippen LogP contribution in [0.4, 0.5) is 8.78 Å². The second-order valence-corrected chi connectivity index (χ2v) is 10.6.